The first-order valence-electron chi connectivity index (χ1n) is 22.6. The zero-order valence-electron chi connectivity index (χ0n) is 37.5. The van der Waals surface area contributed by atoms with Crippen LogP contribution < -0.4 is 9.80 Å². The van der Waals surface area contributed by atoms with E-state index in [1.165, 1.54) is 95.0 Å². The molecule has 9 aromatic carbocycles. The van der Waals surface area contributed by atoms with Crippen LogP contribution in [-0.4, -0.2) is 0 Å². The fourth-order valence-corrected chi connectivity index (χ4v) is 10.6. The van der Waals surface area contributed by atoms with Gasteiger partial charge in [-0.25, -0.2) is 0 Å². The lowest BCUT2D eigenvalue weighted by atomic mass is 9.65. The number of benzene rings is 9. The van der Waals surface area contributed by atoms with Crippen molar-refractivity contribution in [1.82, 2.24) is 0 Å². The Balaban J connectivity index is 0.971. The fraction of sp³-hybridized carbons (Fsp3) is 0.129. The Morgan fingerprint density at radius 3 is 1.19 bits per heavy atom. The highest BCUT2D eigenvalue weighted by Crippen LogP contribution is 2.60. The molecule has 0 bridgehead atoms. The van der Waals surface area contributed by atoms with Gasteiger partial charge in [0, 0.05) is 27.9 Å². The average Bonchev–Trinajstić information content (AvgIpc) is 3.33. The zero-order valence-corrected chi connectivity index (χ0v) is 37.5. The highest BCUT2D eigenvalue weighted by molar-refractivity contribution is 5.94. The summed E-state index contributed by atoms with van der Waals surface area (Å²) in [7, 11) is 0. The van der Waals surface area contributed by atoms with E-state index >= 15 is 0 Å². The molecule has 0 spiro atoms. The standard InChI is InChI=1S/C62H52N2/c1-41-37-47(48-39-56-60-57(40-48)62(5,6)55-22-14-16-24-59(55)64(60)58-23-15-13-21-54(58)61(56,3)4)29-35-52(41)53-36-34-51(38-42(53)2)63(49-30-25-45(26-31-49)43-17-9-7-10-18-43)50-32-27-46(28-33-50)44-19-11-8-12-20-44/h7-40H,1-6H3. The predicted octanol–water partition coefficient (Wildman–Crippen LogP) is 17.2. The zero-order chi connectivity index (χ0) is 43.7. The molecule has 2 nitrogen and oxygen atoms in total. The van der Waals surface area contributed by atoms with E-state index in [4.69, 9.17) is 0 Å². The lowest BCUT2D eigenvalue weighted by Gasteiger charge is -2.49. The summed E-state index contributed by atoms with van der Waals surface area (Å²) in [4.78, 5) is 4.91. The maximum absolute atomic E-state index is 2.54. The van der Waals surface area contributed by atoms with Crippen LogP contribution in [0.4, 0.5) is 34.1 Å². The Hall–Kier alpha value is -7.42. The van der Waals surface area contributed by atoms with Crippen molar-refractivity contribution in [2.24, 2.45) is 0 Å². The van der Waals surface area contributed by atoms with E-state index < -0.39 is 0 Å². The quantitative estimate of drug-likeness (QED) is 0.158. The first-order valence-corrected chi connectivity index (χ1v) is 22.6. The molecule has 0 N–H and O–H groups in total. The summed E-state index contributed by atoms with van der Waals surface area (Å²) in [5.74, 6) is 0. The van der Waals surface area contributed by atoms with E-state index in [0.29, 0.717) is 0 Å². The summed E-state index contributed by atoms with van der Waals surface area (Å²) in [6, 6.07) is 76.1. The van der Waals surface area contributed by atoms with Gasteiger partial charge in [0.15, 0.2) is 0 Å². The van der Waals surface area contributed by atoms with Crippen molar-refractivity contribution in [2.45, 2.75) is 52.4 Å². The van der Waals surface area contributed by atoms with Gasteiger partial charge in [-0.2, -0.15) is 0 Å². The summed E-state index contributed by atoms with van der Waals surface area (Å²) in [6.45, 7) is 14.1. The molecule has 0 saturated carbocycles. The predicted molar refractivity (Wildman–Crippen MR) is 271 cm³/mol. The molecule has 0 aromatic heterocycles. The normalized spacial score (nSPS) is 14.0. The van der Waals surface area contributed by atoms with Gasteiger partial charge in [-0.1, -0.05) is 173 Å². The molecule has 0 atom stereocenters. The Bertz CT molecular complexity index is 3050. The number of hydrogen-bond acceptors (Lipinski definition) is 2. The lowest BCUT2D eigenvalue weighted by Crippen LogP contribution is -2.38. The van der Waals surface area contributed by atoms with Gasteiger partial charge in [0.25, 0.3) is 0 Å². The van der Waals surface area contributed by atoms with Crippen molar-refractivity contribution >= 4 is 34.1 Å². The number of aryl methyl sites for hydroxylation is 2. The highest BCUT2D eigenvalue weighted by atomic mass is 15.2. The first kappa shape index (κ1) is 39.4. The third kappa shape index (κ3) is 6.39. The van der Waals surface area contributed by atoms with Crippen LogP contribution in [0.2, 0.25) is 0 Å². The van der Waals surface area contributed by atoms with Gasteiger partial charge in [-0.15, -0.1) is 0 Å². The Morgan fingerprint density at radius 1 is 0.328 bits per heavy atom. The van der Waals surface area contributed by atoms with Gasteiger partial charge in [-0.05, 0) is 152 Å². The highest BCUT2D eigenvalue weighted by Gasteiger charge is 2.45. The Labute approximate surface area is 378 Å². The third-order valence-electron chi connectivity index (χ3n) is 14.1. The molecule has 0 aliphatic carbocycles. The van der Waals surface area contributed by atoms with Crippen molar-refractivity contribution in [1.29, 1.82) is 0 Å². The molecule has 2 heterocycles. The molecule has 0 unspecified atom stereocenters. The fourth-order valence-electron chi connectivity index (χ4n) is 10.6. The summed E-state index contributed by atoms with van der Waals surface area (Å²) < 4.78 is 0. The number of nitrogens with zero attached hydrogens (tertiary/aromatic N) is 2. The number of para-hydroxylation sites is 2. The molecule has 0 amide bonds. The van der Waals surface area contributed by atoms with Crippen LogP contribution in [0.3, 0.4) is 0 Å². The van der Waals surface area contributed by atoms with Crippen molar-refractivity contribution in [3.8, 4) is 44.5 Å². The second-order valence-corrected chi connectivity index (χ2v) is 18.7. The van der Waals surface area contributed by atoms with Crippen molar-refractivity contribution in [2.75, 3.05) is 9.80 Å². The number of anilines is 6. The molecule has 310 valence electrons. The van der Waals surface area contributed by atoms with Crippen LogP contribution >= 0.6 is 0 Å². The molecule has 64 heavy (non-hydrogen) atoms. The third-order valence-corrected chi connectivity index (χ3v) is 14.1. The van der Waals surface area contributed by atoms with Gasteiger partial charge in [0.05, 0.1) is 17.1 Å². The average molecular weight is 825 g/mol. The van der Waals surface area contributed by atoms with E-state index in [0.717, 1.165) is 17.1 Å². The number of rotatable bonds is 7. The number of hydrogen-bond donors (Lipinski definition) is 0. The second-order valence-electron chi connectivity index (χ2n) is 18.7. The van der Waals surface area contributed by atoms with E-state index in [2.05, 4.69) is 258 Å². The van der Waals surface area contributed by atoms with Crippen LogP contribution in [0, 0.1) is 13.8 Å². The van der Waals surface area contributed by atoms with Crippen LogP contribution in [-0.2, 0) is 10.8 Å². The largest absolute Gasteiger partial charge is 0.310 e. The van der Waals surface area contributed by atoms with Gasteiger partial charge < -0.3 is 9.80 Å². The lowest BCUT2D eigenvalue weighted by molar-refractivity contribution is 0.598. The molecule has 0 radical (unpaired) electrons. The molecule has 9 aromatic rings. The van der Waals surface area contributed by atoms with Crippen LogP contribution in [0.5, 0.6) is 0 Å². The van der Waals surface area contributed by atoms with E-state index in [1.807, 2.05) is 0 Å². The van der Waals surface area contributed by atoms with Gasteiger partial charge in [0.1, 0.15) is 0 Å². The SMILES string of the molecule is Cc1cc(-c2cc3c4c(c2)C(C)(C)c2ccccc2N4c2ccccc2C3(C)C)ccc1-c1ccc(N(c2ccc(-c3ccccc3)cc2)c2ccc(-c3ccccc3)cc2)cc1C. The van der Waals surface area contributed by atoms with E-state index in [1.54, 1.807) is 0 Å². The summed E-state index contributed by atoms with van der Waals surface area (Å²) in [5.41, 5.74) is 24.7. The van der Waals surface area contributed by atoms with Gasteiger partial charge in [-0.3, -0.25) is 0 Å². The van der Waals surface area contributed by atoms with Gasteiger partial charge >= 0.3 is 0 Å². The monoisotopic (exact) mass is 824 g/mol. The van der Waals surface area contributed by atoms with Crippen LogP contribution in [0.15, 0.2) is 206 Å². The maximum atomic E-state index is 2.54. The van der Waals surface area contributed by atoms with Crippen molar-refractivity contribution in [3.05, 3.63) is 240 Å². The Kier molecular flexibility index (Phi) is 9.33. The molecular weight excluding hydrogens is 773 g/mol. The maximum Gasteiger partial charge on any atom is 0.0544 e. The van der Waals surface area contributed by atoms with Crippen LogP contribution in [0.25, 0.3) is 44.5 Å². The van der Waals surface area contributed by atoms with E-state index in [-0.39, 0.29) is 10.8 Å². The molecule has 2 aliphatic rings. The molecule has 2 heteroatoms. The molecule has 0 fully saturated rings. The first-order chi connectivity index (χ1) is 31.1. The minimum absolute atomic E-state index is 0.175. The molecular formula is C62H52N2. The topological polar surface area (TPSA) is 6.48 Å². The minimum Gasteiger partial charge on any atom is -0.310 e. The van der Waals surface area contributed by atoms with Crippen molar-refractivity contribution in [3.63, 3.8) is 0 Å². The van der Waals surface area contributed by atoms with Crippen molar-refractivity contribution < 1.29 is 0 Å². The summed E-state index contributed by atoms with van der Waals surface area (Å²) in [5, 5.41) is 0. The smallest absolute Gasteiger partial charge is 0.0544 e. The Morgan fingerprint density at radius 2 is 0.719 bits per heavy atom. The molecule has 11 rings (SSSR count). The minimum atomic E-state index is -0.175. The molecule has 0 saturated heterocycles. The number of fused-ring (bicyclic) bond motifs is 4. The summed E-state index contributed by atoms with van der Waals surface area (Å²) in [6.07, 6.45) is 0. The molecule has 2 aliphatic heterocycles. The van der Waals surface area contributed by atoms with Gasteiger partial charge in [0.2, 0.25) is 0 Å². The van der Waals surface area contributed by atoms with Crippen LogP contribution in [0.1, 0.15) is 61.1 Å². The van der Waals surface area contributed by atoms with E-state index in [9.17, 15) is 0 Å². The second kappa shape index (κ2) is 15.1. The summed E-state index contributed by atoms with van der Waals surface area (Å²) >= 11 is 0.